The molecule has 1 fully saturated rings. The fourth-order valence-electron chi connectivity index (χ4n) is 2.71. The molecule has 0 spiro atoms. The fourth-order valence-corrected chi connectivity index (χ4v) is 3.06. The van der Waals surface area contributed by atoms with Crippen LogP contribution in [-0.4, -0.2) is 38.1 Å². The maximum atomic E-state index is 9.30. The van der Waals surface area contributed by atoms with Crippen LogP contribution in [0.25, 0.3) is 0 Å². The van der Waals surface area contributed by atoms with E-state index in [1.807, 2.05) is 6.07 Å². The molecule has 0 aliphatic carbocycles. The summed E-state index contributed by atoms with van der Waals surface area (Å²) < 4.78 is 0. The van der Waals surface area contributed by atoms with Gasteiger partial charge < -0.3 is 9.80 Å². The van der Waals surface area contributed by atoms with Gasteiger partial charge in [-0.25, -0.2) is 0 Å². The number of nitrogens with zero attached hydrogens (tertiary/aromatic N) is 3. The highest BCUT2D eigenvalue weighted by Crippen LogP contribution is 2.24. The Bertz CT molecular complexity index is 481. The number of halogens is 1. The average molecular weight is 322 g/mol. The van der Waals surface area contributed by atoms with Gasteiger partial charge >= 0.3 is 0 Å². The van der Waals surface area contributed by atoms with E-state index >= 15 is 0 Å². The summed E-state index contributed by atoms with van der Waals surface area (Å²) in [6, 6.07) is 9.03. The van der Waals surface area contributed by atoms with Crippen LogP contribution in [0.5, 0.6) is 0 Å². The van der Waals surface area contributed by atoms with E-state index < -0.39 is 0 Å². The molecule has 3 nitrogen and oxygen atoms in total. The van der Waals surface area contributed by atoms with E-state index in [2.05, 4.69) is 58.0 Å². The highest BCUT2D eigenvalue weighted by molar-refractivity contribution is 9.08. The van der Waals surface area contributed by atoms with Gasteiger partial charge in [-0.1, -0.05) is 22.0 Å². The Morgan fingerprint density at radius 2 is 2.32 bits per heavy atom. The lowest BCUT2D eigenvalue weighted by molar-refractivity contribution is 0.314. The monoisotopic (exact) mass is 321 g/mol. The molecular weight excluding hydrogens is 302 g/mol. The lowest BCUT2D eigenvalue weighted by atomic mass is 10.1. The molecule has 1 aromatic rings. The van der Waals surface area contributed by atoms with Gasteiger partial charge in [0.25, 0.3) is 0 Å². The van der Waals surface area contributed by atoms with Gasteiger partial charge in [-0.3, -0.25) is 0 Å². The number of nitriles is 1. The van der Waals surface area contributed by atoms with Gasteiger partial charge in [0.15, 0.2) is 0 Å². The van der Waals surface area contributed by atoms with Crippen molar-refractivity contribution in [3.05, 3.63) is 29.3 Å². The number of likely N-dealkylation sites (tertiary alicyclic amines) is 1. The summed E-state index contributed by atoms with van der Waals surface area (Å²) in [7, 11) is 4.26. The predicted molar refractivity (Wildman–Crippen MR) is 82.7 cm³/mol. The summed E-state index contributed by atoms with van der Waals surface area (Å²) in [4.78, 5) is 4.62. The third-order valence-corrected chi connectivity index (χ3v) is 4.55. The third kappa shape index (κ3) is 3.29. The molecule has 1 saturated heterocycles. The van der Waals surface area contributed by atoms with E-state index in [1.54, 1.807) is 0 Å². The number of rotatable bonds is 4. The molecule has 0 radical (unpaired) electrons. The Morgan fingerprint density at radius 1 is 1.53 bits per heavy atom. The molecule has 1 aromatic carbocycles. The second kappa shape index (κ2) is 6.40. The highest BCUT2D eigenvalue weighted by atomic mass is 79.9. The van der Waals surface area contributed by atoms with Crippen LogP contribution >= 0.6 is 15.9 Å². The molecule has 0 saturated carbocycles. The molecule has 2 rings (SSSR count). The Labute approximate surface area is 123 Å². The molecule has 0 bridgehead atoms. The average Bonchev–Trinajstić information content (AvgIpc) is 2.83. The van der Waals surface area contributed by atoms with E-state index in [0.29, 0.717) is 6.04 Å². The zero-order valence-corrected chi connectivity index (χ0v) is 13.2. The van der Waals surface area contributed by atoms with Gasteiger partial charge in [-0.05, 0) is 44.1 Å². The number of anilines is 1. The molecule has 0 aromatic heterocycles. The first-order chi connectivity index (χ1) is 9.15. The number of hydrogen-bond acceptors (Lipinski definition) is 3. The molecule has 19 heavy (non-hydrogen) atoms. The Morgan fingerprint density at radius 3 is 2.89 bits per heavy atom. The van der Waals surface area contributed by atoms with E-state index in [0.717, 1.165) is 28.7 Å². The first-order valence-corrected chi connectivity index (χ1v) is 7.78. The van der Waals surface area contributed by atoms with Crippen molar-refractivity contribution in [1.29, 1.82) is 5.26 Å². The summed E-state index contributed by atoms with van der Waals surface area (Å²) in [6.45, 7) is 2.17. The van der Waals surface area contributed by atoms with E-state index in [4.69, 9.17) is 0 Å². The van der Waals surface area contributed by atoms with Gasteiger partial charge in [-0.2, -0.15) is 5.26 Å². The van der Waals surface area contributed by atoms with Gasteiger partial charge in [0.2, 0.25) is 0 Å². The fraction of sp³-hybridized carbons (Fsp3) is 0.533. The van der Waals surface area contributed by atoms with Gasteiger partial charge in [0, 0.05) is 25.0 Å². The van der Waals surface area contributed by atoms with Gasteiger partial charge in [0.1, 0.15) is 6.07 Å². The molecule has 0 N–H and O–H groups in total. The molecule has 102 valence electrons. The summed E-state index contributed by atoms with van der Waals surface area (Å²) >= 11 is 3.43. The van der Waals surface area contributed by atoms with E-state index in [1.165, 1.54) is 19.4 Å². The second-order valence-electron chi connectivity index (χ2n) is 5.25. The standard InChI is InChI=1S/C15H20BrN3/c1-18-7-3-4-14(18)11-19(2)15-6-5-12(9-16)8-13(15)10-17/h5-6,8,14H,3-4,7,9,11H2,1-2H3. The lowest BCUT2D eigenvalue weighted by Gasteiger charge is -2.28. The minimum absolute atomic E-state index is 0.604. The molecule has 1 heterocycles. The van der Waals surface area contributed by atoms with Crippen LogP contribution in [0.4, 0.5) is 5.69 Å². The van der Waals surface area contributed by atoms with Crippen molar-refractivity contribution in [2.45, 2.75) is 24.2 Å². The van der Waals surface area contributed by atoms with E-state index in [9.17, 15) is 5.26 Å². The normalized spacial score (nSPS) is 19.4. The number of hydrogen-bond donors (Lipinski definition) is 0. The Balaban J connectivity index is 2.14. The first-order valence-electron chi connectivity index (χ1n) is 6.66. The highest BCUT2D eigenvalue weighted by Gasteiger charge is 2.22. The largest absolute Gasteiger partial charge is 0.372 e. The maximum Gasteiger partial charge on any atom is 0.101 e. The van der Waals surface area contributed by atoms with Crippen LogP contribution in [0.2, 0.25) is 0 Å². The van der Waals surface area contributed by atoms with Crippen molar-refractivity contribution >= 4 is 21.6 Å². The molecule has 1 aliphatic heterocycles. The zero-order valence-electron chi connectivity index (χ0n) is 11.6. The molecule has 1 atom stereocenters. The van der Waals surface area contributed by atoms with Crippen LogP contribution in [0.15, 0.2) is 18.2 Å². The summed E-state index contributed by atoms with van der Waals surface area (Å²) in [6.07, 6.45) is 2.53. The molecule has 1 unspecified atom stereocenters. The summed E-state index contributed by atoms with van der Waals surface area (Å²) in [5, 5.41) is 10.1. The number of benzene rings is 1. The maximum absolute atomic E-state index is 9.30. The van der Waals surface area contributed by atoms with Crippen molar-refractivity contribution in [3.8, 4) is 6.07 Å². The second-order valence-corrected chi connectivity index (χ2v) is 5.81. The lowest BCUT2D eigenvalue weighted by Crippen LogP contribution is -2.36. The minimum atomic E-state index is 0.604. The molecule has 1 aliphatic rings. The summed E-state index contributed by atoms with van der Waals surface area (Å²) in [5.74, 6) is 0. The van der Waals surface area contributed by atoms with Crippen LogP contribution in [0.1, 0.15) is 24.0 Å². The zero-order chi connectivity index (χ0) is 13.8. The first kappa shape index (κ1) is 14.4. The van der Waals surface area contributed by atoms with Crippen molar-refractivity contribution in [1.82, 2.24) is 4.90 Å². The number of likely N-dealkylation sites (N-methyl/N-ethyl adjacent to an activating group) is 2. The van der Waals surface area contributed by atoms with Crippen molar-refractivity contribution in [3.63, 3.8) is 0 Å². The number of alkyl halides is 1. The SMILES string of the molecule is CN(CC1CCCN1C)c1ccc(CBr)cc1C#N. The molecule has 0 amide bonds. The van der Waals surface area contributed by atoms with Gasteiger partial charge in [-0.15, -0.1) is 0 Å². The van der Waals surface area contributed by atoms with Crippen molar-refractivity contribution in [2.24, 2.45) is 0 Å². The third-order valence-electron chi connectivity index (χ3n) is 3.90. The van der Waals surface area contributed by atoms with Crippen LogP contribution < -0.4 is 4.90 Å². The van der Waals surface area contributed by atoms with Crippen LogP contribution in [0.3, 0.4) is 0 Å². The quantitative estimate of drug-likeness (QED) is 0.799. The van der Waals surface area contributed by atoms with Crippen LogP contribution in [0, 0.1) is 11.3 Å². The Kier molecular flexibility index (Phi) is 4.84. The van der Waals surface area contributed by atoms with Crippen LogP contribution in [-0.2, 0) is 5.33 Å². The molecule has 4 heteroatoms. The smallest absolute Gasteiger partial charge is 0.101 e. The summed E-state index contributed by atoms with van der Waals surface area (Å²) in [5.41, 5.74) is 2.94. The van der Waals surface area contributed by atoms with E-state index in [-0.39, 0.29) is 0 Å². The van der Waals surface area contributed by atoms with Gasteiger partial charge in [0.05, 0.1) is 11.3 Å². The van der Waals surface area contributed by atoms with Crippen molar-refractivity contribution < 1.29 is 0 Å². The molecular formula is C15H20BrN3. The predicted octanol–water partition coefficient (Wildman–Crippen LogP) is 2.98. The Hall–Kier alpha value is -1.05. The minimum Gasteiger partial charge on any atom is -0.372 e. The van der Waals surface area contributed by atoms with Crippen molar-refractivity contribution in [2.75, 3.05) is 32.1 Å². The topological polar surface area (TPSA) is 30.3 Å².